The summed E-state index contributed by atoms with van der Waals surface area (Å²) in [6.45, 7) is 24.1. The molecule has 0 aromatic carbocycles. The molecule has 2 heterocycles. The number of rotatable bonds is 11. The zero-order valence-corrected chi connectivity index (χ0v) is 28.8. The van der Waals surface area contributed by atoms with Crippen molar-refractivity contribution < 1.29 is 26.7 Å². The Kier molecular flexibility index (Phi) is 9.38. The minimum absolute atomic E-state index is 0.0777. The van der Waals surface area contributed by atoms with Crippen molar-refractivity contribution in [1.29, 1.82) is 0 Å². The van der Waals surface area contributed by atoms with Crippen molar-refractivity contribution >= 4 is 40.8 Å². The number of H-pyrrole nitrogens is 1. The van der Waals surface area contributed by atoms with E-state index < -0.39 is 69.7 Å². The van der Waals surface area contributed by atoms with Crippen molar-refractivity contribution in [2.75, 3.05) is 6.61 Å². The van der Waals surface area contributed by atoms with Crippen LogP contribution in [0.3, 0.4) is 0 Å². The van der Waals surface area contributed by atoms with Crippen molar-refractivity contribution in [3.05, 3.63) is 33.1 Å². The van der Waals surface area contributed by atoms with Crippen LogP contribution in [0, 0.1) is 0 Å². The molecule has 0 aliphatic carbocycles. The Bertz CT molecular complexity index is 1060. The van der Waals surface area contributed by atoms with E-state index in [4.69, 9.17) is 22.1 Å². The van der Waals surface area contributed by atoms with Gasteiger partial charge in [0.2, 0.25) is 0 Å². The van der Waals surface area contributed by atoms with E-state index in [1.807, 2.05) is 39.3 Å². The predicted octanol–water partition coefficient (Wildman–Crippen LogP) is 4.90. The number of hydrogen-bond acceptors (Lipinski definition) is 8. The van der Waals surface area contributed by atoms with Gasteiger partial charge >= 0.3 is 13.5 Å². The van der Waals surface area contributed by atoms with Gasteiger partial charge in [-0.05, 0) is 58.9 Å². The van der Waals surface area contributed by atoms with Crippen molar-refractivity contribution in [2.24, 2.45) is 0 Å². The number of nitrogens with zero attached hydrogens (tertiary/aromatic N) is 1. The van der Waals surface area contributed by atoms with Crippen LogP contribution in [0.2, 0.25) is 78.6 Å². The second-order valence-electron chi connectivity index (χ2n) is 13.3. The second-order valence-corrected chi connectivity index (χ2v) is 34.1. The van der Waals surface area contributed by atoms with Crippen LogP contribution in [-0.2, 0) is 32.0 Å². The van der Waals surface area contributed by atoms with Gasteiger partial charge in [0.05, 0.1) is 12.7 Å². The highest BCUT2D eigenvalue weighted by molar-refractivity contribution is 7.52. The molecule has 15 heteroatoms. The molecule has 3 atom stereocenters. The van der Waals surface area contributed by atoms with E-state index >= 15 is 0 Å². The third-order valence-electron chi connectivity index (χ3n) is 5.30. The number of nitrogens with one attached hydrogen (secondary N) is 1. The molecule has 1 N–H and O–H groups in total. The summed E-state index contributed by atoms with van der Waals surface area (Å²) in [5, 5.41) is -1.00. The Morgan fingerprint density at radius 2 is 1.50 bits per heavy atom. The third-order valence-corrected chi connectivity index (χ3v) is 15.8. The van der Waals surface area contributed by atoms with E-state index in [2.05, 4.69) is 44.3 Å². The van der Waals surface area contributed by atoms with Crippen molar-refractivity contribution in [2.45, 2.75) is 103 Å². The minimum atomic E-state index is -3.87. The summed E-state index contributed by atoms with van der Waals surface area (Å²) in [4.78, 5) is 27.1. The van der Waals surface area contributed by atoms with Gasteiger partial charge in [0, 0.05) is 18.7 Å². The Labute approximate surface area is 219 Å². The smallest absolute Gasteiger partial charge is 0.412 e. The molecule has 10 nitrogen and oxygen atoms in total. The molecule has 2 rings (SSSR count). The molecule has 1 aromatic heterocycles. The fraction of sp³-hybridized carbons (Fsp3) is 0.810. The van der Waals surface area contributed by atoms with Crippen molar-refractivity contribution in [3.8, 4) is 0 Å². The van der Waals surface area contributed by atoms with Crippen LogP contribution in [-0.4, -0.2) is 61.4 Å². The molecule has 0 radical (unpaired) electrons. The zero-order chi connectivity index (χ0) is 28.0. The maximum absolute atomic E-state index is 13.7. The second kappa shape index (κ2) is 10.6. The average Bonchev–Trinajstić information content (AvgIpc) is 2.94. The molecule has 36 heavy (non-hydrogen) atoms. The number of aromatic amines is 1. The van der Waals surface area contributed by atoms with Gasteiger partial charge < -0.3 is 17.6 Å². The number of phosphoric acid groups is 1. The third kappa shape index (κ3) is 8.55. The van der Waals surface area contributed by atoms with E-state index in [0.717, 1.165) is 0 Å². The fourth-order valence-electron chi connectivity index (χ4n) is 4.10. The van der Waals surface area contributed by atoms with Crippen LogP contribution in [0.15, 0.2) is 21.9 Å². The summed E-state index contributed by atoms with van der Waals surface area (Å²) < 4.78 is 46.3. The summed E-state index contributed by atoms with van der Waals surface area (Å²) in [7, 11) is -12.8. The van der Waals surface area contributed by atoms with Crippen molar-refractivity contribution in [3.63, 3.8) is 0 Å². The van der Waals surface area contributed by atoms with Crippen LogP contribution >= 0.6 is 7.82 Å². The molecular formula is C21H45N2O8PSi4. The molecular weight excluding hydrogens is 552 g/mol. The van der Waals surface area contributed by atoms with E-state index in [1.165, 1.54) is 16.8 Å². The molecule has 3 unspecified atom stereocenters. The standard InChI is InChI=1S/C21H45N2O8PSi4/c1-33(2,3)21(23-14-13-19(24)22-20(23)25)15-17(29-34(4,5)6)18(28-21)16-27-32(26,30-35(7,8)9)31-36(10,11)12/h13-14,17-18H,15-16H2,1-12H3,(H,22,24,25). The molecule has 208 valence electrons. The molecule has 1 saturated heterocycles. The lowest BCUT2D eigenvalue weighted by atomic mass is 10.2. The Morgan fingerprint density at radius 1 is 0.972 bits per heavy atom. The molecule has 1 aromatic rings. The van der Waals surface area contributed by atoms with Crippen LogP contribution in [0.1, 0.15) is 6.42 Å². The zero-order valence-electron chi connectivity index (χ0n) is 23.9. The number of hydrogen-bond donors (Lipinski definition) is 1. The topological polar surface area (TPSA) is 118 Å². The highest BCUT2D eigenvalue weighted by Crippen LogP contribution is 2.55. The Morgan fingerprint density at radius 3 is 1.92 bits per heavy atom. The molecule has 1 aliphatic heterocycles. The first-order chi connectivity index (χ1) is 16.0. The first kappa shape index (κ1) is 31.8. The van der Waals surface area contributed by atoms with Gasteiger partial charge in [0.15, 0.2) is 25.0 Å². The minimum Gasteiger partial charge on any atom is -0.412 e. The highest BCUT2D eigenvalue weighted by Gasteiger charge is 2.57. The molecule has 0 amide bonds. The van der Waals surface area contributed by atoms with E-state index in [9.17, 15) is 14.2 Å². The summed E-state index contributed by atoms with van der Waals surface area (Å²) in [5.41, 5.74) is -1.00. The summed E-state index contributed by atoms with van der Waals surface area (Å²) >= 11 is 0. The number of ether oxygens (including phenoxy) is 1. The van der Waals surface area contributed by atoms with Crippen LogP contribution in [0.25, 0.3) is 0 Å². The SMILES string of the molecule is C[Si](C)(C)OC1CC(n2ccc(=O)[nH]c2=O)([Si](C)(C)C)OC1COP(=O)(O[Si](C)(C)C)O[Si](C)(C)C. The number of aromatic nitrogens is 2. The Balaban J connectivity index is 2.51. The lowest BCUT2D eigenvalue weighted by Crippen LogP contribution is -2.58. The molecule has 1 fully saturated rings. The predicted molar refractivity (Wildman–Crippen MR) is 153 cm³/mol. The van der Waals surface area contributed by atoms with Crippen molar-refractivity contribution in [1.82, 2.24) is 9.55 Å². The lowest BCUT2D eigenvalue weighted by Gasteiger charge is -2.41. The molecule has 0 spiro atoms. The van der Waals surface area contributed by atoms with Gasteiger partial charge in [-0.2, -0.15) is 0 Å². The Hall–Kier alpha value is -0.422. The fourth-order valence-corrected chi connectivity index (χ4v) is 14.1. The molecule has 0 saturated carbocycles. The summed E-state index contributed by atoms with van der Waals surface area (Å²) in [6.07, 6.45) is 0.864. The monoisotopic (exact) mass is 596 g/mol. The summed E-state index contributed by atoms with van der Waals surface area (Å²) in [5.74, 6) is 0. The van der Waals surface area contributed by atoms with Gasteiger partial charge in [-0.15, -0.1) is 0 Å². The average molecular weight is 597 g/mol. The molecule has 0 bridgehead atoms. The van der Waals surface area contributed by atoms with E-state index in [1.54, 1.807) is 0 Å². The highest BCUT2D eigenvalue weighted by atomic mass is 31.2. The van der Waals surface area contributed by atoms with Gasteiger partial charge in [-0.3, -0.25) is 18.9 Å². The maximum Gasteiger partial charge on any atom is 0.455 e. The quantitative estimate of drug-likeness (QED) is 0.283. The van der Waals surface area contributed by atoms with Crippen LogP contribution in [0.5, 0.6) is 0 Å². The van der Waals surface area contributed by atoms with Gasteiger partial charge in [-0.1, -0.05) is 19.6 Å². The first-order valence-corrected chi connectivity index (χ1v) is 27.5. The van der Waals surface area contributed by atoms with Gasteiger partial charge in [0.1, 0.15) is 19.5 Å². The van der Waals surface area contributed by atoms with Crippen LogP contribution in [0.4, 0.5) is 0 Å². The first-order valence-electron chi connectivity index (χ1n) is 12.3. The van der Waals surface area contributed by atoms with Gasteiger partial charge in [-0.25, -0.2) is 9.36 Å². The maximum atomic E-state index is 13.7. The molecule has 1 aliphatic rings. The summed E-state index contributed by atoms with van der Waals surface area (Å²) in [6, 6.07) is 1.32. The lowest BCUT2D eigenvalue weighted by molar-refractivity contribution is -0.0728. The van der Waals surface area contributed by atoms with E-state index in [0.29, 0.717) is 6.42 Å². The van der Waals surface area contributed by atoms with Gasteiger partial charge in [0.25, 0.3) is 5.56 Å². The van der Waals surface area contributed by atoms with E-state index in [-0.39, 0.29) is 6.61 Å². The normalized spacial score (nSPS) is 24.3. The largest absolute Gasteiger partial charge is 0.455 e. The van der Waals surface area contributed by atoms with Crippen LogP contribution < -0.4 is 11.2 Å².